The lowest BCUT2D eigenvalue weighted by Crippen LogP contribution is -2.27. The number of carbonyl (C=O) groups is 1. The molecule has 1 amide bonds. The van der Waals surface area contributed by atoms with Gasteiger partial charge >= 0.3 is 0 Å². The van der Waals surface area contributed by atoms with E-state index in [-0.39, 0.29) is 5.56 Å². The van der Waals surface area contributed by atoms with Gasteiger partial charge in [0.1, 0.15) is 5.38 Å². The van der Waals surface area contributed by atoms with E-state index in [0.717, 1.165) is 18.6 Å². The Morgan fingerprint density at radius 3 is 2.69 bits per heavy atom. The maximum atomic E-state index is 12.9. The second-order valence-corrected chi connectivity index (χ2v) is 3.76. The van der Waals surface area contributed by atoms with E-state index in [9.17, 15) is 13.6 Å². The van der Waals surface area contributed by atoms with Gasteiger partial charge in [-0.2, -0.15) is 0 Å². The number of benzene rings is 1. The van der Waals surface area contributed by atoms with Crippen LogP contribution >= 0.6 is 11.6 Å². The number of alkyl halides is 1. The highest BCUT2D eigenvalue weighted by Crippen LogP contribution is 2.22. The van der Waals surface area contributed by atoms with E-state index in [1.807, 2.05) is 6.92 Å². The fraction of sp³-hybridized carbons (Fsp3) is 0.364. The molecule has 16 heavy (non-hydrogen) atoms. The molecule has 2 nitrogen and oxygen atoms in total. The molecule has 1 aromatic rings. The summed E-state index contributed by atoms with van der Waals surface area (Å²) in [6.45, 7) is 2.41. The minimum atomic E-state index is -1.01. The number of carbonyl (C=O) groups excluding carboxylic acids is 1. The van der Waals surface area contributed by atoms with Gasteiger partial charge in [0.05, 0.1) is 0 Å². The van der Waals surface area contributed by atoms with Gasteiger partial charge in [-0.25, -0.2) is 8.78 Å². The maximum Gasteiger partial charge on any atom is 0.242 e. The van der Waals surface area contributed by atoms with Crippen molar-refractivity contribution in [3.05, 3.63) is 35.4 Å². The largest absolute Gasteiger partial charge is 0.355 e. The fourth-order valence-electron chi connectivity index (χ4n) is 1.16. The van der Waals surface area contributed by atoms with Crippen molar-refractivity contribution in [3.63, 3.8) is 0 Å². The molecule has 0 fully saturated rings. The first-order valence-corrected chi connectivity index (χ1v) is 5.36. The van der Waals surface area contributed by atoms with Crippen molar-refractivity contribution in [2.24, 2.45) is 0 Å². The molecule has 0 radical (unpaired) electrons. The fourth-order valence-corrected chi connectivity index (χ4v) is 1.37. The van der Waals surface area contributed by atoms with Gasteiger partial charge in [0, 0.05) is 6.54 Å². The smallest absolute Gasteiger partial charge is 0.242 e. The predicted molar refractivity (Wildman–Crippen MR) is 58.3 cm³/mol. The number of amides is 1. The van der Waals surface area contributed by atoms with Crippen molar-refractivity contribution in [2.45, 2.75) is 18.7 Å². The highest BCUT2D eigenvalue weighted by Gasteiger charge is 2.18. The Morgan fingerprint density at radius 1 is 1.44 bits per heavy atom. The molecule has 1 rings (SSSR count). The van der Waals surface area contributed by atoms with E-state index in [2.05, 4.69) is 5.32 Å². The van der Waals surface area contributed by atoms with Gasteiger partial charge in [-0.3, -0.25) is 4.79 Å². The van der Waals surface area contributed by atoms with Crippen LogP contribution in [-0.2, 0) is 4.79 Å². The van der Waals surface area contributed by atoms with Crippen LogP contribution in [0.4, 0.5) is 8.78 Å². The first-order chi connectivity index (χ1) is 7.56. The summed E-state index contributed by atoms with van der Waals surface area (Å²) in [6.07, 6.45) is 0.785. The average Bonchev–Trinajstić information content (AvgIpc) is 2.28. The van der Waals surface area contributed by atoms with Crippen LogP contribution in [0.3, 0.4) is 0 Å². The molecule has 0 saturated carbocycles. The van der Waals surface area contributed by atoms with E-state index in [0.29, 0.717) is 6.54 Å². The standard InChI is InChI=1S/C11H12ClF2NO/c1-2-5-15-11(16)10(12)7-3-4-8(13)9(14)6-7/h3-4,6,10H,2,5H2,1H3,(H,15,16). The molecular formula is C11H12ClF2NO. The normalized spacial score (nSPS) is 12.2. The van der Waals surface area contributed by atoms with Gasteiger partial charge in [-0.1, -0.05) is 13.0 Å². The minimum absolute atomic E-state index is 0.245. The molecule has 88 valence electrons. The Labute approximate surface area is 97.6 Å². The second kappa shape index (κ2) is 5.80. The van der Waals surface area contributed by atoms with Crippen LogP contribution in [0.15, 0.2) is 18.2 Å². The van der Waals surface area contributed by atoms with Crippen molar-refractivity contribution in [1.82, 2.24) is 5.32 Å². The molecule has 1 atom stereocenters. The lowest BCUT2D eigenvalue weighted by Gasteiger charge is -2.10. The monoisotopic (exact) mass is 247 g/mol. The van der Waals surface area contributed by atoms with Gasteiger partial charge in [0.2, 0.25) is 5.91 Å². The van der Waals surface area contributed by atoms with Crippen molar-refractivity contribution in [3.8, 4) is 0 Å². The molecule has 1 aromatic carbocycles. The molecule has 5 heteroatoms. The highest BCUT2D eigenvalue weighted by atomic mass is 35.5. The zero-order valence-corrected chi connectivity index (χ0v) is 9.52. The summed E-state index contributed by atoms with van der Waals surface area (Å²) in [6, 6.07) is 3.17. The molecule has 0 aliphatic rings. The van der Waals surface area contributed by atoms with Crippen molar-refractivity contribution < 1.29 is 13.6 Å². The third-order valence-electron chi connectivity index (χ3n) is 2.02. The highest BCUT2D eigenvalue weighted by molar-refractivity contribution is 6.30. The number of nitrogens with one attached hydrogen (secondary N) is 1. The van der Waals surface area contributed by atoms with Gasteiger partial charge in [0.15, 0.2) is 11.6 Å². The summed E-state index contributed by atoms with van der Waals surface area (Å²) in [5.74, 6) is -2.37. The zero-order chi connectivity index (χ0) is 12.1. The maximum absolute atomic E-state index is 12.9. The molecule has 0 aromatic heterocycles. The molecule has 0 bridgehead atoms. The van der Waals surface area contributed by atoms with Crippen LogP contribution in [-0.4, -0.2) is 12.5 Å². The van der Waals surface area contributed by atoms with E-state index in [1.165, 1.54) is 6.07 Å². The summed E-state index contributed by atoms with van der Waals surface area (Å²) < 4.78 is 25.5. The lowest BCUT2D eigenvalue weighted by molar-refractivity contribution is -0.120. The lowest BCUT2D eigenvalue weighted by atomic mass is 10.1. The molecule has 1 N–H and O–H groups in total. The van der Waals surface area contributed by atoms with E-state index < -0.39 is 22.9 Å². The van der Waals surface area contributed by atoms with Crippen LogP contribution < -0.4 is 5.32 Å². The number of halogens is 3. The first kappa shape index (κ1) is 12.9. The van der Waals surface area contributed by atoms with Crippen LogP contribution in [0, 0.1) is 11.6 Å². The Bertz CT molecular complexity index is 384. The van der Waals surface area contributed by atoms with Crippen molar-refractivity contribution in [1.29, 1.82) is 0 Å². The minimum Gasteiger partial charge on any atom is -0.355 e. The number of hydrogen-bond acceptors (Lipinski definition) is 1. The van der Waals surface area contributed by atoms with E-state index in [1.54, 1.807) is 0 Å². The summed E-state index contributed by atoms with van der Waals surface area (Å²) in [5, 5.41) is 1.58. The zero-order valence-electron chi connectivity index (χ0n) is 8.77. The van der Waals surface area contributed by atoms with Gasteiger partial charge in [-0.05, 0) is 24.1 Å². The third kappa shape index (κ3) is 3.17. The van der Waals surface area contributed by atoms with Crippen LogP contribution in [0.5, 0.6) is 0 Å². The average molecular weight is 248 g/mol. The van der Waals surface area contributed by atoms with E-state index >= 15 is 0 Å². The molecule has 0 aliphatic carbocycles. The van der Waals surface area contributed by atoms with Gasteiger partial charge in [0.25, 0.3) is 0 Å². The Kier molecular flexibility index (Phi) is 4.68. The number of rotatable bonds is 4. The molecule has 0 heterocycles. The molecule has 0 aliphatic heterocycles. The summed E-state index contributed by atoms with van der Waals surface area (Å²) in [4.78, 5) is 11.4. The Balaban J connectivity index is 2.75. The first-order valence-electron chi connectivity index (χ1n) is 4.93. The van der Waals surface area contributed by atoms with Crippen LogP contribution in [0.2, 0.25) is 0 Å². The van der Waals surface area contributed by atoms with Crippen molar-refractivity contribution >= 4 is 17.5 Å². The van der Waals surface area contributed by atoms with Crippen LogP contribution in [0.1, 0.15) is 24.3 Å². The third-order valence-corrected chi connectivity index (χ3v) is 2.47. The second-order valence-electron chi connectivity index (χ2n) is 3.33. The summed E-state index contributed by atoms with van der Waals surface area (Å²) in [5.41, 5.74) is 0.245. The molecule has 1 unspecified atom stereocenters. The SMILES string of the molecule is CCCNC(=O)C(Cl)c1ccc(F)c(F)c1. The summed E-state index contributed by atoms with van der Waals surface area (Å²) in [7, 11) is 0. The quantitative estimate of drug-likeness (QED) is 0.815. The molecular weight excluding hydrogens is 236 g/mol. The predicted octanol–water partition coefficient (Wildman–Crippen LogP) is 2.77. The van der Waals surface area contributed by atoms with Gasteiger partial charge in [-0.15, -0.1) is 11.6 Å². The molecule has 0 spiro atoms. The van der Waals surface area contributed by atoms with Gasteiger partial charge < -0.3 is 5.32 Å². The summed E-state index contributed by atoms with van der Waals surface area (Å²) >= 11 is 5.82. The Morgan fingerprint density at radius 2 is 2.12 bits per heavy atom. The van der Waals surface area contributed by atoms with Crippen molar-refractivity contribution in [2.75, 3.05) is 6.54 Å². The van der Waals surface area contributed by atoms with E-state index in [4.69, 9.17) is 11.6 Å². The Hall–Kier alpha value is -1.16. The topological polar surface area (TPSA) is 29.1 Å². The van der Waals surface area contributed by atoms with Crippen LogP contribution in [0.25, 0.3) is 0 Å². The number of hydrogen-bond donors (Lipinski definition) is 1. The molecule has 0 saturated heterocycles.